The van der Waals surface area contributed by atoms with Crippen LogP contribution in [0.3, 0.4) is 0 Å². The zero-order valence-corrected chi connectivity index (χ0v) is 13.5. The number of rotatable bonds is 3. The summed E-state index contributed by atoms with van der Waals surface area (Å²) >= 11 is 4.80. The van der Waals surface area contributed by atoms with Gasteiger partial charge in [0.25, 0.3) is 5.91 Å². The standard InChI is InChI=1S/C13H17BrN2O2S/c1-13(2,3)19-8-11(17)15-16-12(18)9-6-4-5-7-10(9)14/h4-7H,8H2,1-3H3,(H,15,17)(H,16,18). The molecule has 2 amide bonds. The molecule has 0 bridgehead atoms. The SMILES string of the molecule is CC(C)(C)SCC(=O)NNC(=O)c1ccccc1Br. The second-order valence-corrected chi connectivity index (χ2v) is 7.54. The third-order valence-electron chi connectivity index (χ3n) is 2.07. The Morgan fingerprint density at radius 1 is 1.21 bits per heavy atom. The number of halogens is 1. The third kappa shape index (κ3) is 6.11. The molecule has 0 heterocycles. The van der Waals surface area contributed by atoms with E-state index in [2.05, 4.69) is 26.8 Å². The van der Waals surface area contributed by atoms with Crippen LogP contribution >= 0.6 is 27.7 Å². The molecule has 4 nitrogen and oxygen atoms in total. The van der Waals surface area contributed by atoms with Crippen molar-refractivity contribution >= 4 is 39.5 Å². The highest BCUT2D eigenvalue weighted by Crippen LogP contribution is 2.22. The molecule has 0 fully saturated rings. The van der Waals surface area contributed by atoms with E-state index in [0.717, 1.165) is 0 Å². The maximum absolute atomic E-state index is 11.8. The fourth-order valence-electron chi connectivity index (χ4n) is 1.16. The first-order valence-electron chi connectivity index (χ1n) is 5.77. The van der Waals surface area contributed by atoms with E-state index in [4.69, 9.17) is 0 Å². The summed E-state index contributed by atoms with van der Waals surface area (Å²) in [6, 6.07) is 7.03. The zero-order valence-electron chi connectivity index (χ0n) is 11.1. The smallest absolute Gasteiger partial charge is 0.270 e. The Kier molecular flexibility index (Phi) is 5.87. The molecule has 0 saturated heterocycles. The lowest BCUT2D eigenvalue weighted by Crippen LogP contribution is -2.43. The molecule has 0 aliphatic heterocycles. The number of benzene rings is 1. The van der Waals surface area contributed by atoms with E-state index in [0.29, 0.717) is 15.8 Å². The molecule has 0 radical (unpaired) electrons. The van der Waals surface area contributed by atoms with E-state index in [9.17, 15) is 9.59 Å². The molecule has 0 saturated carbocycles. The van der Waals surface area contributed by atoms with Gasteiger partial charge in [0.05, 0.1) is 11.3 Å². The lowest BCUT2D eigenvalue weighted by atomic mass is 10.2. The van der Waals surface area contributed by atoms with Crippen molar-refractivity contribution in [1.29, 1.82) is 0 Å². The summed E-state index contributed by atoms with van der Waals surface area (Å²) in [5, 5.41) is 0. The molecule has 0 aliphatic rings. The summed E-state index contributed by atoms with van der Waals surface area (Å²) in [5.41, 5.74) is 5.27. The molecule has 0 unspecified atom stereocenters. The molecular weight excluding hydrogens is 328 g/mol. The average molecular weight is 345 g/mol. The van der Waals surface area contributed by atoms with E-state index in [1.807, 2.05) is 26.8 Å². The Balaban J connectivity index is 2.43. The molecular formula is C13H17BrN2O2S. The summed E-state index contributed by atoms with van der Waals surface area (Å²) < 4.78 is 0.704. The molecule has 1 aromatic carbocycles. The minimum absolute atomic E-state index is 0.0177. The van der Waals surface area contributed by atoms with E-state index < -0.39 is 0 Å². The van der Waals surface area contributed by atoms with Gasteiger partial charge in [-0.15, -0.1) is 11.8 Å². The van der Waals surface area contributed by atoms with Crippen molar-refractivity contribution in [3.63, 3.8) is 0 Å². The molecule has 104 valence electrons. The van der Waals surface area contributed by atoms with Crippen LogP contribution in [0.4, 0.5) is 0 Å². The number of thioether (sulfide) groups is 1. The van der Waals surface area contributed by atoms with Gasteiger partial charge in [-0.05, 0) is 28.1 Å². The van der Waals surface area contributed by atoms with Crippen LogP contribution in [0.1, 0.15) is 31.1 Å². The lowest BCUT2D eigenvalue weighted by molar-refractivity contribution is -0.119. The fourth-order valence-corrected chi connectivity index (χ4v) is 2.26. The highest BCUT2D eigenvalue weighted by Gasteiger charge is 2.14. The number of hydrogen-bond donors (Lipinski definition) is 2. The number of nitrogens with one attached hydrogen (secondary N) is 2. The summed E-state index contributed by atoms with van der Waals surface area (Å²) in [4.78, 5) is 23.4. The van der Waals surface area contributed by atoms with Crippen molar-refractivity contribution in [3.05, 3.63) is 34.3 Å². The largest absolute Gasteiger partial charge is 0.272 e. The van der Waals surface area contributed by atoms with Crippen molar-refractivity contribution < 1.29 is 9.59 Å². The highest BCUT2D eigenvalue weighted by atomic mass is 79.9. The quantitative estimate of drug-likeness (QED) is 0.829. The number of amides is 2. The predicted molar refractivity (Wildman–Crippen MR) is 82.0 cm³/mol. The van der Waals surface area contributed by atoms with Gasteiger partial charge in [0, 0.05) is 9.22 Å². The first-order valence-corrected chi connectivity index (χ1v) is 7.55. The molecule has 2 N–H and O–H groups in total. The minimum atomic E-state index is -0.346. The van der Waals surface area contributed by atoms with Crippen molar-refractivity contribution in [3.8, 4) is 0 Å². The number of carbonyl (C=O) groups excluding carboxylic acids is 2. The second-order valence-electron chi connectivity index (χ2n) is 4.88. The van der Waals surface area contributed by atoms with Gasteiger partial charge in [0.1, 0.15) is 0 Å². The molecule has 0 aliphatic carbocycles. The maximum atomic E-state index is 11.8. The van der Waals surface area contributed by atoms with E-state index >= 15 is 0 Å². The first-order chi connectivity index (χ1) is 8.79. The lowest BCUT2D eigenvalue weighted by Gasteiger charge is -2.17. The normalized spacial score (nSPS) is 10.9. The molecule has 1 aromatic rings. The molecule has 6 heteroatoms. The first kappa shape index (κ1) is 16.0. The van der Waals surface area contributed by atoms with Crippen LogP contribution in [-0.2, 0) is 4.79 Å². The van der Waals surface area contributed by atoms with Crippen molar-refractivity contribution in [2.75, 3.05) is 5.75 Å². The van der Waals surface area contributed by atoms with E-state index in [1.54, 1.807) is 18.2 Å². The van der Waals surface area contributed by atoms with Gasteiger partial charge >= 0.3 is 0 Å². The van der Waals surface area contributed by atoms with Crippen LogP contribution in [0, 0.1) is 0 Å². The Labute approximate surface area is 125 Å². The molecule has 0 aromatic heterocycles. The van der Waals surface area contributed by atoms with Gasteiger partial charge in [0.15, 0.2) is 0 Å². The topological polar surface area (TPSA) is 58.2 Å². The minimum Gasteiger partial charge on any atom is -0.272 e. The average Bonchev–Trinajstić information content (AvgIpc) is 2.33. The van der Waals surface area contributed by atoms with Gasteiger partial charge in [-0.2, -0.15) is 0 Å². The predicted octanol–water partition coefficient (Wildman–Crippen LogP) is 2.74. The summed E-state index contributed by atoms with van der Waals surface area (Å²) in [6.45, 7) is 6.10. The molecule has 1 rings (SSSR count). The summed E-state index contributed by atoms with van der Waals surface area (Å²) in [5.74, 6) is -0.262. The Bertz CT molecular complexity index is 472. The van der Waals surface area contributed by atoms with Crippen molar-refractivity contribution in [2.24, 2.45) is 0 Å². The van der Waals surface area contributed by atoms with E-state index in [1.165, 1.54) is 11.8 Å². The number of carbonyl (C=O) groups is 2. The molecule has 0 spiro atoms. The van der Waals surface area contributed by atoms with Gasteiger partial charge in [-0.1, -0.05) is 32.9 Å². The van der Waals surface area contributed by atoms with E-state index in [-0.39, 0.29) is 16.6 Å². The maximum Gasteiger partial charge on any atom is 0.270 e. The van der Waals surface area contributed by atoms with Gasteiger partial charge in [-0.25, -0.2) is 0 Å². The third-order valence-corrected chi connectivity index (χ3v) is 4.03. The second kappa shape index (κ2) is 6.96. The number of hydrogen-bond acceptors (Lipinski definition) is 3. The van der Waals surface area contributed by atoms with Crippen LogP contribution in [0.25, 0.3) is 0 Å². The molecule has 19 heavy (non-hydrogen) atoms. The Morgan fingerprint density at radius 3 is 2.42 bits per heavy atom. The van der Waals surface area contributed by atoms with Crippen molar-refractivity contribution in [2.45, 2.75) is 25.5 Å². The zero-order chi connectivity index (χ0) is 14.5. The number of hydrazine groups is 1. The highest BCUT2D eigenvalue weighted by molar-refractivity contribution is 9.10. The van der Waals surface area contributed by atoms with Gasteiger partial charge < -0.3 is 0 Å². The monoisotopic (exact) mass is 344 g/mol. The van der Waals surface area contributed by atoms with Crippen LogP contribution in [0.15, 0.2) is 28.7 Å². The Hall–Kier alpha value is -1.01. The van der Waals surface area contributed by atoms with Crippen LogP contribution in [0.5, 0.6) is 0 Å². The van der Waals surface area contributed by atoms with Crippen LogP contribution < -0.4 is 10.9 Å². The van der Waals surface area contributed by atoms with Gasteiger partial charge in [0.2, 0.25) is 5.91 Å². The fraction of sp³-hybridized carbons (Fsp3) is 0.385. The molecule has 0 atom stereocenters. The van der Waals surface area contributed by atoms with Crippen LogP contribution in [0.2, 0.25) is 0 Å². The summed E-state index contributed by atoms with van der Waals surface area (Å²) in [6.07, 6.45) is 0. The van der Waals surface area contributed by atoms with Gasteiger partial charge in [-0.3, -0.25) is 20.4 Å². The Morgan fingerprint density at radius 2 is 1.84 bits per heavy atom. The van der Waals surface area contributed by atoms with Crippen LogP contribution in [-0.4, -0.2) is 22.3 Å². The summed E-state index contributed by atoms with van der Waals surface area (Å²) in [7, 11) is 0. The van der Waals surface area contributed by atoms with Crippen molar-refractivity contribution in [1.82, 2.24) is 10.9 Å².